The van der Waals surface area contributed by atoms with Crippen molar-refractivity contribution in [1.82, 2.24) is 10.6 Å². The molecule has 2 rings (SSSR count). The maximum Gasteiger partial charge on any atom is 0.220 e. The monoisotopic (exact) mass is 368 g/mol. The Morgan fingerprint density at radius 2 is 1.84 bits per heavy atom. The second-order valence-electron chi connectivity index (χ2n) is 7.19. The van der Waals surface area contributed by atoms with Gasteiger partial charge in [0.25, 0.3) is 0 Å². The molecule has 1 aromatic rings. The molecule has 25 heavy (non-hydrogen) atoms. The van der Waals surface area contributed by atoms with E-state index in [0.29, 0.717) is 37.3 Å². The summed E-state index contributed by atoms with van der Waals surface area (Å²) in [5.41, 5.74) is 1.31. The first-order chi connectivity index (χ1) is 11.6. The molecule has 0 aliphatic carbocycles. The van der Waals surface area contributed by atoms with Gasteiger partial charge in [0.2, 0.25) is 5.91 Å². The first kappa shape index (κ1) is 21.8. The smallest absolute Gasteiger partial charge is 0.220 e. The number of carbonyl (C=O) groups excluding carboxylic acids is 1. The summed E-state index contributed by atoms with van der Waals surface area (Å²) in [6, 6.07) is 8.19. The third kappa shape index (κ3) is 7.66. The largest absolute Gasteiger partial charge is 0.492 e. The van der Waals surface area contributed by atoms with Crippen LogP contribution in [0.1, 0.15) is 51.5 Å². The van der Waals surface area contributed by atoms with Gasteiger partial charge in [-0.05, 0) is 61.4 Å². The van der Waals surface area contributed by atoms with E-state index < -0.39 is 0 Å². The van der Waals surface area contributed by atoms with E-state index in [9.17, 15) is 4.79 Å². The van der Waals surface area contributed by atoms with Crippen LogP contribution in [0, 0.1) is 11.8 Å². The van der Waals surface area contributed by atoms with E-state index in [-0.39, 0.29) is 18.3 Å². The Bertz CT molecular complexity index is 499. The summed E-state index contributed by atoms with van der Waals surface area (Å²) in [5.74, 6) is 2.65. The highest BCUT2D eigenvalue weighted by molar-refractivity contribution is 5.85. The summed E-state index contributed by atoms with van der Waals surface area (Å²) in [4.78, 5) is 12.0. The number of carbonyl (C=O) groups is 1. The number of piperidine rings is 1. The molecule has 0 spiro atoms. The van der Waals surface area contributed by atoms with Crippen LogP contribution in [0.2, 0.25) is 0 Å². The van der Waals surface area contributed by atoms with Gasteiger partial charge in [-0.3, -0.25) is 4.79 Å². The number of hydrogen-bond donors (Lipinski definition) is 2. The van der Waals surface area contributed by atoms with Crippen LogP contribution in [0.5, 0.6) is 5.75 Å². The topological polar surface area (TPSA) is 50.4 Å². The molecule has 1 heterocycles. The van der Waals surface area contributed by atoms with Gasteiger partial charge in [-0.1, -0.05) is 32.9 Å². The van der Waals surface area contributed by atoms with Gasteiger partial charge in [-0.15, -0.1) is 12.4 Å². The van der Waals surface area contributed by atoms with Crippen molar-refractivity contribution in [3.8, 4) is 5.75 Å². The van der Waals surface area contributed by atoms with Gasteiger partial charge < -0.3 is 15.4 Å². The van der Waals surface area contributed by atoms with Gasteiger partial charge in [0.15, 0.2) is 0 Å². The number of halogens is 1. The van der Waals surface area contributed by atoms with E-state index in [1.165, 1.54) is 18.4 Å². The second kappa shape index (κ2) is 11.4. The number of ether oxygens (including phenoxy) is 1. The number of nitrogens with one attached hydrogen (secondary N) is 2. The summed E-state index contributed by atoms with van der Waals surface area (Å²) in [5, 5.41) is 6.35. The van der Waals surface area contributed by atoms with E-state index in [0.717, 1.165) is 18.8 Å². The number of amides is 1. The van der Waals surface area contributed by atoms with E-state index in [1.807, 2.05) is 12.1 Å². The van der Waals surface area contributed by atoms with Crippen LogP contribution in [0.15, 0.2) is 24.3 Å². The van der Waals surface area contributed by atoms with Crippen molar-refractivity contribution >= 4 is 18.3 Å². The van der Waals surface area contributed by atoms with Gasteiger partial charge in [-0.25, -0.2) is 0 Å². The van der Waals surface area contributed by atoms with E-state index in [1.54, 1.807) is 0 Å². The molecular formula is C20H33ClN2O2. The first-order valence-corrected chi connectivity index (χ1v) is 9.26. The Morgan fingerprint density at radius 3 is 2.44 bits per heavy atom. The van der Waals surface area contributed by atoms with Gasteiger partial charge in [0.1, 0.15) is 12.4 Å². The number of hydrogen-bond acceptors (Lipinski definition) is 3. The van der Waals surface area contributed by atoms with Crippen LogP contribution in [0.25, 0.3) is 0 Å². The third-order valence-corrected chi connectivity index (χ3v) is 4.94. The Morgan fingerprint density at radius 1 is 1.20 bits per heavy atom. The van der Waals surface area contributed by atoms with Gasteiger partial charge in [0, 0.05) is 6.42 Å². The van der Waals surface area contributed by atoms with Crippen molar-refractivity contribution in [3.63, 3.8) is 0 Å². The fraction of sp³-hybridized carbons (Fsp3) is 0.650. The quantitative estimate of drug-likeness (QED) is 0.687. The predicted molar refractivity (Wildman–Crippen MR) is 106 cm³/mol. The molecule has 1 unspecified atom stereocenters. The Kier molecular flexibility index (Phi) is 9.91. The number of rotatable bonds is 8. The van der Waals surface area contributed by atoms with Crippen LogP contribution in [0.3, 0.4) is 0 Å². The summed E-state index contributed by atoms with van der Waals surface area (Å²) in [6.45, 7) is 9.78. The van der Waals surface area contributed by atoms with Crippen molar-refractivity contribution in [2.75, 3.05) is 26.2 Å². The minimum Gasteiger partial charge on any atom is -0.492 e. The Hall–Kier alpha value is -1.26. The first-order valence-electron chi connectivity index (χ1n) is 9.26. The van der Waals surface area contributed by atoms with E-state index in [4.69, 9.17) is 4.74 Å². The molecule has 142 valence electrons. The maximum absolute atomic E-state index is 12.0. The molecule has 1 aliphatic rings. The second-order valence-corrected chi connectivity index (χ2v) is 7.19. The van der Waals surface area contributed by atoms with Gasteiger partial charge in [-0.2, -0.15) is 0 Å². The lowest BCUT2D eigenvalue weighted by molar-refractivity contribution is -0.122. The van der Waals surface area contributed by atoms with E-state index in [2.05, 4.69) is 43.5 Å². The lowest BCUT2D eigenvalue weighted by Gasteiger charge is -2.27. The fourth-order valence-corrected chi connectivity index (χ4v) is 3.25. The van der Waals surface area contributed by atoms with E-state index >= 15 is 0 Å². The zero-order valence-corrected chi connectivity index (χ0v) is 16.5. The maximum atomic E-state index is 12.0. The van der Waals surface area contributed by atoms with Crippen molar-refractivity contribution in [2.24, 2.45) is 11.8 Å². The van der Waals surface area contributed by atoms with Crippen molar-refractivity contribution < 1.29 is 9.53 Å². The number of benzene rings is 1. The van der Waals surface area contributed by atoms with Crippen LogP contribution in [0.4, 0.5) is 0 Å². The summed E-state index contributed by atoms with van der Waals surface area (Å²) in [6.07, 6.45) is 2.99. The molecule has 5 heteroatoms. The molecule has 0 radical (unpaired) electrons. The van der Waals surface area contributed by atoms with Gasteiger partial charge >= 0.3 is 0 Å². The van der Waals surface area contributed by atoms with Crippen LogP contribution < -0.4 is 15.4 Å². The van der Waals surface area contributed by atoms with Crippen molar-refractivity contribution in [2.45, 2.75) is 46.0 Å². The van der Waals surface area contributed by atoms with Crippen LogP contribution in [-0.2, 0) is 4.79 Å². The zero-order valence-electron chi connectivity index (χ0n) is 15.7. The molecule has 1 aromatic carbocycles. The molecule has 0 bridgehead atoms. The lowest BCUT2D eigenvalue weighted by atomic mass is 9.84. The van der Waals surface area contributed by atoms with Crippen LogP contribution in [-0.4, -0.2) is 32.1 Å². The fourth-order valence-electron chi connectivity index (χ4n) is 3.25. The van der Waals surface area contributed by atoms with Gasteiger partial charge in [0.05, 0.1) is 6.54 Å². The summed E-state index contributed by atoms with van der Waals surface area (Å²) < 4.78 is 5.69. The molecule has 1 fully saturated rings. The molecule has 0 aromatic heterocycles. The minimum absolute atomic E-state index is 0. The molecule has 0 saturated carbocycles. The molecular weight excluding hydrogens is 336 g/mol. The highest BCUT2D eigenvalue weighted by atomic mass is 35.5. The third-order valence-electron chi connectivity index (χ3n) is 4.94. The average Bonchev–Trinajstić information content (AvgIpc) is 2.60. The highest BCUT2D eigenvalue weighted by Gasteiger charge is 2.21. The van der Waals surface area contributed by atoms with Crippen molar-refractivity contribution in [1.29, 1.82) is 0 Å². The molecule has 2 N–H and O–H groups in total. The highest BCUT2D eigenvalue weighted by Crippen LogP contribution is 2.24. The summed E-state index contributed by atoms with van der Waals surface area (Å²) in [7, 11) is 0. The predicted octanol–water partition coefficient (Wildman–Crippen LogP) is 3.75. The molecule has 1 atom stereocenters. The zero-order chi connectivity index (χ0) is 17.4. The Balaban J connectivity index is 0.00000312. The molecule has 1 aliphatic heterocycles. The lowest BCUT2D eigenvalue weighted by Crippen LogP contribution is -2.34. The molecule has 4 nitrogen and oxygen atoms in total. The molecule has 1 saturated heterocycles. The summed E-state index contributed by atoms with van der Waals surface area (Å²) >= 11 is 0. The Labute approximate surface area is 158 Å². The average molecular weight is 369 g/mol. The normalized spacial score (nSPS) is 16.2. The minimum atomic E-state index is 0. The standard InChI is InChI=1S/C20H32N2O2.ClH/c1-15(2)17-4-6-19(7-5-17)24-13-12-22-20(23)14-16(3)18-8-10-21-11-9-18;/h4-7,15-16,18,21H,8-14H2,1-3H3,(H,22,23);1H. The molecule has 1 amide bonds. The SMILES string of the molecule is CC(C)c1ccc(OCCNC(=O)CC(C)C2CCNCC2)cc1.Cl. The van der Waals surface area contributed by atoms with Crippen molar-refractivity contribution in [3.05, 3.63) is 29.8 Å². The van der Waals surface area contributed by atoms with Crippen LogP contribution >= 0.6 is 12.4 Å².